The molecule has 0 saturated carbocycles. The van der Waals surface area contributed by atoms with Crippen molar-refractivity contribution in [1.29, 1.82) is 0 Å². The van der Waals surface area contributed by atoms with Gasteiger partial charge in [0.25, 0.3) is 0 Å². The Bertz CT molecular complexity index is 94.0. The van der Waals surface area contributed by atoms with Crippen molar-refractivity contribution in [3.8, 4) is 0 Å². The van der Waals surface area contributed by atoms with E-state index in [1.54, 1.807) is 0 Å². The number of methoxy groups -OCH3 is 1. The fraction of sp³-hybridized carbons (Fsp3) is 1.00. The molecule has 0 aromatic carbocycles. The molecule has 0 bridgehead atoms. The van der Waals surface area contributed by atoms with Gasteiger partial charge in [0, 0.05) is 13.7 Å². The van der Waals surface area contributed by atoms with Crippen LogP contribution in [0.15, 0.2) is 0 Å². The molecule has 0 atom stereocenters. The molecule has 0 heterocycles. The fourth-order valence-electron chi connectivity index (χ4n) is 0.151. The van der Waals surface area contributed by atoms with Gasteiger partial charge in [-0.25, -0.2) is 0 Å². The van der Waals surface area contributed by atoms with E-state index in [0.29, 0.717) is 0 Å². The molecule has 0 radical (unpaired) electrons. The average Bonchev–Trinajstić information content (AvgIpc) is 1.61. The van der Waals surface area contributed by atoms with Gasteiger partial charge < -0.3 is 18.6 Å². The molecule has 1 N–H and O–H groups in total. The summed E-state index contributed by atoms with van der Waals surface area (Å²) in [6.07, 6.45) is 0. The molecular weight excluding hydrogens is 155 g/mol. The van der Waals surface area contributed by atoms with Crippen molar-refractivity contribution in [2.24, 2.45) is 0 Å². The first-order chi connectivity index (χ1) is 3.27. The van der Waals surface area contributed by atoms with E-state index in [2.05, 4.69) is 4.74 Å². The maximum atomic E-state index is 9.68. The van der Waals surface area contributed by atoms with Gasteiger partial charge >= 0.3 is 29.6 Å². The Balaban J connectivity index is -0.000000180. The number of rotatable bonds is 3. The normalized spacial score (nSPS) is 7.78. The van der Waals surface area contributed by atoms with Crippen molar-refractivity contribution >= 4 is 10.7 Å². The molecule has 0 amide bonds. The minimum atomic E-state index is -1.94. The molecular formula is C3H8NaO4S-. The Hall–Kier alpha value is 0.870. The first-order valence-electron chi connectivity index (χ1n) is 1.82. The van der Waals surface area contributed by atoms with Crippen LogP contribution in [0.1, 0.15) is 0 Å². The molecule has 52 valence electrons. The van der Waals surface area contributed by atoms with Gasteiger partial charge in [-0.3, -0.25) is 0 Å². The van der Waals surface area contributed by atoms with E-state index in [-0.39, 0.29) is 47.4 Å². The van der Waals surface area contributed by atoms with Crippen LogP contribution in [0.5, 0.6) is 0 Å². The SMILES string of the molecule is COCC[S-](=O)=O.[Na+].[OH-]. The summed E-state index contributed by atoms with van der Waals surface area (Å²) in [6, 6.07) is 0. The maximum absolute atomic E-state index is 9.68. The van der Waals surface area contributed by atoms with Crippen molar-refractivity contribution in [1.82, 2.24) is 0 Å². The van der Waals surface area contributed by atoms with Gasteiger partial charge in [0.15, 0.2) is 0 Å². The smallest absolute Gasteiger partial charge is 0.870 e. The molecule has 0 aliphatic heterocycles. The zero-order valence-electron chi connectivity index (χ0n) is 5.49. The summed E-state index contributed by atoms with van der Waals surface area (Å²) >= 11 is 0. The van der Waals surface area contributed by atoms with Gasteiger partial charge in [-0.2, -0.15) is 0 Å². The average molecular weight is 163 g/mol. The first-order valence-corrected chi connectivity index (χ1v) is 3.06. The molecule has 0 saturated heterocycles. The Morgan fingerprint density at radius 2 is 1.89 bits per heavy atom. The van der Waals surface area contributed by atoms with Crippen molar-refractivity contribution in [2.45, 2.75) is 0 Å². The zero-order valence-corrected chi connectivity index (χ0v) is 8.31. The third kappa shape index (κ3) is 17.7. The number of hydrogen-bond acceptors (Lipinski definition) is 5. The summed E-state index contributed by atoms with van der Waals surface area (Å²) < 4.78 is 23.8. The fourth-order valence-corrected chi connectivity index (χ4v) is 0.454. The molecule has 0 spiro atoms. The van der Waals surface area contributed by atoms with E-state index < -0.39 is 10.7 Å². The van der Waals surface area contributed by atoms with Crippen LogP contribution < -0.4 is 29.6 Å². The second-order valence-electron chi connectivity index (χ2n) is 1.00. The Labute approximate surface area is 78.1 Å². The van der Waals surface area contributed by atoms with Crippen molar-refractivity contribution < 1.29 is 48.2 Å². The number of ether oxygens (including phenoxy) is 1. The van der Waals surface area contributed by atoms with Crippen LogP contribution in [0.3, 0.4) is 0 Å². The van der Waals surface area contributed by atoms with Gasteiger partial charge in [-0.05, 0) is 5.75 Å². The molecule has 0 aliphatic rings. The summed E-state index contributed by atoms with van der Waals surface area (Å²) in [5, 5.41) is 0. The van der Waals surface area contributed by atoms with Gasteiger partial charge in [0.05, 0.1) is 0 Å². The summed E-state index contributed by atoms with van der Waals surface area (Å²) in [4.78, 5) is 0. The van der Waals surface area contributed by atoms with Crippen LogP contribution in [-0.2, 0) is 23.9 Å². The third-order valence-corrected chi connectivity index (χ3v) is 0.954. The van der Waals surface area contributed by atoms with E-state index in [0.717, 1.165) is 0 Å². The van der Waals surface area contributed by atoms with E-state index in [4.69, 9.17) is 0 Å². The number of hydrogen-bond donors (Lipinski definition) is 0. The van der Waals surface area contributed by atoms with E-state index >= 15 is 0 Å². The van der Waals surface area contributed by atoms with Gasteiger partial charge in [0.1, 0.15) is 0 Å². The Morgan fingerprint density at radius 1 is 1.44 bits per heavy atom. The minimum absolute atomic E-state index is 0. The predicted octanol–water partition coefficient (Wildman–Crippen LogP) is -3.23. The van der Waals surface area contributed by atoms with Crippen LogP contribution in [0.4, 0.5) is 0 Å². The van der Waals surface area contributed by atoms with Crippen LogP contribution in [0, 0.1) is 0 Å². The molecule has 0 aromatic rings. The summed E-state index contributed by atoms with van der Waals surface area (Å²) in [6.45, 7) is 0.288. The topological polar surface area (TPSA) is 73.4 Å². The first kappa shape index (κ1) is 16.5. The van der Waals surface area contributed by atoms with Gasteiger partial charge in [-0.1, -0.05) is 10.7 Å². The molecule has 0 rings (SSSR count). The third-order valence-electron chi connectivity index (χ3n) is 0.454. The predicted molar refractivity (Wildman–Crippen MR) is 27.4 cm³/mol. The van der Waals surface area contributed by atoms with Gasteiger partial charge in [-0.15, -0.1) is 0 Å². The van der Waals surface area contributed by atoms with Crippen molar-refractivity contribution in [2.75, 3.05) is 19.5 Å². The molecule has 0 fully saturated rings. The molecule has 4 nitrogen and oxygen atoms in total. The van der Waals surface area contributed by atoms with Crippen LogP contribution in [0.25, 0.3) is 0 Å². The second-order valence-corrected chi connectivity index (χ2v) is 2.02. The maximum Gasteiger partial charge on any atom is 1.00 e. The van der Waals surface area contributed by atoms with Crippen molar-refractivity contribution in [3.05, 3.63) is 0 Å². The van der Waals surface area contributed by atoms with Crippen LogP contribution in [-0.4, -0.2) is 24.9 Å². The largest absolute Gasteiger partial charge is 1.00 e. The van der Waals surface area contributed by atoms with Crippen LogP contribution >= 0.6 is 0 Å². The summed E-state index contributed by atoms with van der Waals surface area (Å²) in [5.74, 6) is 0.0938. The van der Waals surface area contributed by atoms with E-state index in [9.17, 15) is 8.42 Å². The van der Waals surface area contributed by atoms with Crippen molar-refractivity contribution in [3.63, 3.8) is 0 Å². The summed E-state index contributed by atoms with van der Waals surface area (Å²) in [7, 11) is -0.475. The molecule has 0 aliphatic carbocycles. The second kappa shape index (κ2) is 11.6. The molecule has 0 unspecified atom stereocenters. The molecule has 0 aromatic heterocycles. The van der Waals surface area contributed by atoms with E-state index in [1.165, 1.54) is 7.11 Å². The van der Waals surface area contributed by atoms with Crippen LogP contribution in [0.2, 0.25) is 0 Å². The summed E-state index contributed by atoms with van der Waals surface area (Å²) in [5.41, 5.74) is 0. The monoisotopic (exact) mass is 163 g/mol. The molecule has 9 heavy (non-hydrogen) atoms. The Kier molecular flexibility index (Phi) is 21.3. The minimum Gasteiger partial charge on any atom is -0.870 e. The Morgan fingerprint density at radius 3 is 2.00 bits per heavy atom. The standard InChI is InChI=1S/C3H7O3S.Na.H2O/c1-6-2-3-7(4)5;;/h2-3H2,1H3;;1H2/q-1;+1;/p-1. The van der Waals surface area contributed by atoms with E-state index in [1.807, 2.05) is 0 Å². The zero-order chi connectivity index (χ0) is 5.70. The quantitative estimate of drug-likeness (QED) is 0.324. The van der Waals surface area contributed by atoms with Gasteiger partial charge in [0.2, 0.25) is 0 Å². The molecule has 6 heteroatoms.